The second-order valence-electron chi connectivity index (χ2n) is 7.66. The maximum absolute atomic E-state index is 13.3. The molecule has 2 atom stereocenters. The fraction of sp³-hybridized carbons (Fsp3) is 0.261. The lowest BCUT2D eigenvalue weighted by molar-refractivity contribution is -0.174. The third-order valence-electron chi connectivity index (χ3n) is 5.61. The number of carbonyl (C=O) groups excluding carboxylic acids is 1. The largest absolute Gasteiger partial charge is 0.471 e. The van der Waals surface area contributed by atoms with Crippen molar-refractivity contribution in [1.82, 2.24) is 10.3 Å². The van der Waals surface area contributed by atoms with E-state index in [9.17, 15) is 22.4 Å². The van der Waals surface area contributed by atoms with Crippen molar-refractivity contribution in [2.45, 2.75) is 24.6 Å². The molecule has 1 amide bonds. The maximum atomic E-state index is 13.3. The van der Waals surface area contributed by atoms with Crippen LogP contribution in [-0.2, 0) is 4.79 Å². The Bertz CT molecular complexity index is 1190. The zero-order valence-corrected chi connectivity index (χ0v) is 16.7. The number of anilines is 1. The Hall–Kier alpha value is -3.67. The molecule has 1 aliphatic rings. The number of amides is 1. The molecule has 3 aromatic rings. The van der Waals surface area contributed by atoms with E-state index in [1.807, 2.05) is 4.90 Å². The number of halogens is 4. The normalized spacial score (nSPS) is 18.9. The first-order valence-corrected chi connectivity index (χ1v) is 9.93. The molecule has 0 spiro atoms. The minimum absolute atomic E-state index is 0.110. The number of alkyl halides is 3. The van der Waals surface area contributed by atoms with Crippen LogP contribution in [0.2, 0.25) is 0 Å². The summed E-state index contributed by atoms with van der Waals surface area (Å²) in [5.41, 5.74) is 1.81. The lowest BCUT2D eigenvalue weighted by Crippen LogP contribution is -2.54. The molecule has 2 heterocycles. The Morgan fingerprint density at radius 1 is 1.12 bits per heavy atom. The summed E-state index contributed by atoms with van der Waals surface area (Å²) >= 11 is 0. The monoisotopic (exact) mass is 442 g/mol. The van der Waals surface area contributed by atoms with Gasteiger partial charge in [0.1, 0.15) is 11.6 Å². The van der Waals surface area contributed by atoms with Crippen LogP contribution in [0.15, 0.2) is 54.6 Å². The highest BCUT2D eigenvalue weighted by Gasteiger charge is 2.42. The number of pyridine rings is 1. The van der Waals surface area contributed by atoms with Gasteiger partial charge in [0, 0.05) is 24.4 Å². The lowest BCUT2D eigenvalue weighted by atomic mass is 9.85. The number of hydrogen-bond acceptors (Lipinski definition) is 4. The van der Waals surface area contributed by atoms with Gasteiger partial charge in [0.15, 0.2) is 0 Å². The van der Waals surface area contributed by atoms with E-state index in [2.05, 4.69) is 16.4 Å². The van der Waals surface area contributed by atoms with Gasteiger partial charge in [-0.1, -0.05) is 12.1 Å². The number of carbonyl (C=O) groups is 1. The predicted molar refractivity (Wildman–Crippen MR) is 110 cm³/mol. The number of piperidine rings is 1. The van der Waals surface area contributed by atoms with Gasteiger partial charge < -0.3 is 10.2 Å². The fourth-order valence-electron chi connectivity index (χ4n) is 4.03. The van der Waals surface area contributed by atoms with Crippen molar-refractivity contribution in [2.24, 2.45) is 0 Å². The smallest absolute Gasteiger partial charge is 0.354 e. The van der Waals surface area contributed by atoms with Crippen molar-refractivity contribution in [3.8, 4) is 6.07 Å². The third kappa shape index (κ3) is 4.49. The topological polar surface area (TPSA) is 69.0 Å². The molecule has 1 fully saturated rings. The molecule has 164 valence electrons. The van der Waals surface area contributed by atoms with Crippen molar-refractivity contribution in [1.29, 1.82) is 5.26 Å². The molecule has 0 saturated carbocycles. The van der Waals surface area contributed by atoms with Crippen LogP contribution < -0.4 is 10.2 Å². The molecule has 0 bridgehead atoms. The number of benzene rings is 2. The van der Waals surface area contributed by atoms with Crippen LogP contribution in [0, 0.1) is 17.1 Å². The van der Waals surface area contributed by atoms with Gasteiger partial charge in [-0.25, -0.2) is 9.37 Å². The highest BCUT2D eigenvalue weighted by Crippen LogP contribution is 2.32. The Labute approximate surface area is 181 Å². The lowest BCUT2D eigenvalue weighted by Gasteiger charge is -2.40. The van der Waals surface area contributed by atoms with E-state index in [4.69, 9.17) is 5.26 Å². The van der Waals surface area contributed by atoms with Crippen molar-refractivity contribution in [3.63, 3.8) is 0 Å². The van der Waals surface area contributed by atoms with Gasteiger partial charge in [0.2, 0.25) is 0 Å². The summed E-state index contributed by atoms with van der Waals surface area (Å²) in [7, 11) is 0. The molecule has 9 heteroatoms. The van der Waals surface area contributed by atoms with Crippen LogP contribution in [0.25, 0.3) is 10.9 Å². The highest BCUT2D eigenvalue weighted by atomic mass is 19.4. The summed E-state index contributed by atoms with van der Waals surface area (Å²) in [6, 6.07) is 15.4. The van der Waals surface area contributed by atoms with E-state index < -0.39 is 29.9 Å². The predicted octanol–water partition coefficient (Wildman–Crippen LogP) is 4.29. The van der Waals surface area contributed by atoms with Gasteiger partial charge in [0.05, 0.1) is 23.2 Å². The second kappa shape index (κ2) is 8.46. The summed E-state index contributed by atoms with van der Waals surface area (Å²) in [6.45, 7) is 0.605. The van der Waals surface area contributed by atoms with Crippen molar-refractivity contribution >= 4 is 22.6 Å². The second-order valence-corrected chi connectivity index (χ2v) is 7.66. The molecule has 5 nitrogen and oxygen atoms in total. The summed E-state index contributed by atoms with van der Waals surface area (Å²) in [4.78, 5) is 18.1. The molecule has 2 unspecified atom stereocenters. The number of rotatable bonds is 3. The Balaban J connectivity index is 1.62. The van der Waals surface area contributed by atoms with Crippen LogP contribution >= 0.6 is 0 Å². The van der Waals surface area contributed by atoms with Gasteiger partial charge in [-0.05, 0) is 54.4 Å². The van der Waals surface area contributed by atoms with Gasteiger partial charge in [0.25, 0.3) is 0 Å². The Morgan fingerprint density at radius 3 is 2.56 bits per heavy atom. The molecule has 1 aromatic heterocycles. The first-order chi connectivity index (χ1) is 15.2. The van der Waals surface area contributed by atoms with Crippen molar-refractivity contribution in [3.05, 3.63) is 71.5 Å². The van der Waals surface area contributed by atoms with Crippen molar-refractivity contribution in [2.75, 3.05) is 18.0 Å². The number of nitrogens with zero attached hydrogens (tertiary/aromatic N) is 3. The third-order valence-corrected chi connectivity index (χ3v) is 5.61. The quantitative estimate of drug-likeness (QED) is 0.615. The summed E-state index contributed by atoms with van der Waals surface area (Å²) in [5.74, 6) is -2.29. The molecule has 2 aromatic carbocycles. The standard InChI is InChI=1S/C23H18F4N4O/c24-17-5-2-15(3-6-17)18-9-10-31(13-20(18)30-22(32)23(25,26)27)21-8-4-16-11-14(12-28)1-7-19(16)29-21/h1-8,11,18,20H,9-10,13H2,(H,30,32). The molecular formula is C23H18F4N4O. The summed E-state index contributed by atoms with van der Waals surface area (Å²) in [5, 5.41) is 11.9. The van der Waals surface area contributed by atoms with Crippen LogP contribution in [-0.4, -0.2) is 36.2 Å². The average molecular weight is 442 g/mol. The maximum Gasteiger partial charge on any atom is 0.471 e. The fourth-order valence-corrected chi connectivity index (χ4v) is 4.03. The first-order valence-electron chi connectivity index (χ1n) is 9.93. The minimum atomic E-state index is -5.00. The Kier molecular flexibility index (Phi) is 5.70. The highest BCUT2D eigenvalue weighted by molar-refractivity contribution is 5.83. The molecular weight excluding hydrogens is 424 g/mol. The molecule has 1 saturated heterocycles. The van der Waals surface area contributed by atoms with Crippen LogP contribution in [0.5, 0.6) is 0 Å². The van der Waals surface area contributed by atoms with Crippen LogP contribution in [0.1, 0.15) is 23.5 Å². The van der Waals surface area contributed by atoms with Crippen molar-refractivity contribution < 1.29 is 22.4 Å². The van der Waals surface area contributed by atoms with E-state index in [-0.39, 0.29) is 6.54 Å². The van der Waals surface area contributed by atoms with Gasteiger partial charge in [-0.3, -0.25) is 4.79 Å². The number of nitrogens with one attached hydrogen (secondary N) is 1. The number of fused-ring (bicyclic) bond motifs is 1. The van der Waals surface area contributed by atoms with E-state index >= 15 is 0 Å². The number of nitriles is 1. The van der Waals surface area contributed by atoms with Gasteiger partial charge in [-0.15, -0.1) is 0 Å². The SMILES string of the molecule is N#Cc1ccc2nc(N3CCC(c4ccc(F)cc4)C(NC(=O)C(F)(F)F)C3)ccc2c1. The zero-order valence-electron chi connectivity index (χ0n) is 16.7. The first kappa shape index (κ1) is 21.6. The molecule has 32 heavy (non-hydrogen) atoms. The molecule has 1 aliphatic heterocycles. The molecule has 4 rings (SSSR count). The molecule has 1 N–H and O–H groups in total. The summed E-state index contributed by atoms with van der Waals surface area (Å²) < 4.78 is 52.1. The van der Waals surface area contributed by atoms with E-state index in [1.165, 1.54) is 24.3 Å². The molecule has 0 radical (unpaired) electrons. The van der Waals surface area contributed by atoms with Gasteiger partial charge >= 0.3 is 12.1 Å². The number of hydrogen-bond donors (Lipinski definition) is 1. The van der Waals surface area contributed by atoms with E-state index in [1.54, 1.807) is 30.3 Å². The van der Waals surface area contributed by atoms with E-state index in [0.29, 0.717) is 35.4 Å². The zero-order chi connectivity index (χ0) is 22.9. The van der Waals surface area contributed by atoms with Crippen LogP contribution in [0.4, 0.5) is 23.4 Å². The average Bonchev–Trinajstić information content (AvgIpc) is 2.78. The minimum Gasteiger partial charge on any atom is -0.354 e. The van der Waals surface area contributed by atoms with Gasteiger partial charge in [-0.2, -0.15) is 18.4 Å². The summed E-state index contributed by atoms with van der Waals surface area (Å²) in [6.07, 6.45) is -4.56. The van der Waals surface area contributed by atoms with Crippen LogP contribution in [0.3, 0.4) is 0 Å². The molecule has 0 aliphatic carbocycles. The Morgan fingerprint density at radius 2 is 1.88 bits per heavy atom. The number of aromatic nitrogens is 1. The van der Waals surface area contributed by atoms with E-state index in [0.717, 1.165) is 5.39 Å².